The first-order valence-electron chi connectivity index (χ1n) is 5.39. The number of carbonyl (C=O) groups excluding carboxylic acids is 1. The molecule has 16 heavy (non-hydrogen) atoms. The topological polar surface area (TPSA) is 40.5 Å². The molecule has 1 atom stereocenters. The highest BCUT2D eigenvalue weighted by Gasteiger charge is 2.26. The van der Waals surface area contributed by atoms with E-state index in [1.165, 1.54) is 12.1 Å². The van der Waals surface area contributed by atoms with Gasteiger partial charge in [0.15, 0.2) is 0 Å². The highest BCUT2D eigenvalue weighted by Crippen LogP contribution is 2.26. The number of phenols is 1. The molecule has 1 N–H and O–H groups in total. The predicted octanol–water partition coefficient (Wildman–Crippen LogP) is 2.67. The molecule has 1 fully saturated rings. The molecular weight excluding hydrogens is 226 g/mol. The molecule has 0 saturated carbocycles. The van der Waals surface area contributed by atoms with Crippen LogP contribution in [0.1, 0.15) is 30.1 Å². The molecule has 0 aliphatic carbocycles. The van der Waals surface area contributed by atoms with Crippen LogP contribution in [0.4, 0.5) is 0 Å². The van der Waals surface area contributed by atoms with Crippen molar-refractivity contribution in [2.24, 2.45) is 0 Å². The van der Waals surface area contributed by atoms with E-state index in [-0.39, 0.29) is 16.7 Å². The zero-order valence-corrected chi connectivity index (χ0v) is 9.87. The maximum absolute atomic E-state index is 12.1. The number of amides is 1. The van der Waals surface area contributed by atoms with E-state index in [0.717, 1.165) is 19.4 Å². The van der Waals surface area contributed by atoms with E-state index in [9.17, 15) is 9.90 Å². The second kappa shape index (κ2) is 4.34. The molecule has 0 aromatic heterocycles. The number of aromatic hydroxyl groups is 1. The van der Waals surface area contributed by atoms with Gasteiger partial charge in [-0.2, -0.15) is 0 Å². The first kappa shape index (κ1) is 11.3. The highest BCUT2D eigenvalue weighted by atomic mass is 35.5. The Morgan fingerprint density at radius 2 is 2.31 bits per heavy atom. The van der Waals surface area contributed by atoms with E-state index < -0.39 is 0 Å². The van der Waals surface area contributed by atoms with E-state index in [0.29, 0.717) is 11.6 Å². The summed E-state index contributed by atoms with van der Waals surface area (Å²) in [7, 11) is 0. The normalized spacial score (nSPS) is 20.1. The van der Waals surface area contributed by atoms with Crippen molar-refractivity contribution < 1.29 is 9.90 Å². The van der Waals surface area contributed by atoms with Crippen molar-refractivity contribution in [1.82, 2.24) is 4.90 Å². The third kappa shape index (κ3) is 2.00. The first-order chi connectivity index (χ1) is 7.59. The Morgan fingerprint density at radius 3 is 2.88 bits per heavy atom. The molecule has 1 aromatic carbocycles. The van der Waals surface area contributed by atoms with Crippen molar-refractivity contribution in [2.45, 2.75) is 25.8 Å². The molecule has 3 nitrogen and oxygen atoms in total. The number of halogens is 1. The average molecular weight is 240 g/mol. The maximum atomic E-state index is 12.1. The molecule has 1 aliphatic rings. The number of likely N-dealkylation sites (tertiary alicyclic amines) is 1. The van der Waals surface area contributed by atoms with Crippen LogP contribution in [-0.2, 0) is 0 Å². The standard InChI is InChI=1S/C12H14ClNO2/c1-8-3-2-6-14(8)12(16)9-4-5-11(15)10(13)7-9/h4-5,7-8,15H,2-3,6H2,1H3. The van der Waals surface area contributed by atoms with Crippen LogP contribution in [0.5, 0.6) is 5.75 Å². The Morgan fingerprint density at radius 1 is 1.56 bits per heavy atom. The van der Waals surface area contributed by atoms with Gasteiger partial charge in [0.1, 0.15) is 5.75 Å². The van der Waals surface area contributed by atoms with E-state index in [2.05, 4.69) is 0 Å². The average Bonchev–Trinajstić information content (AvgIpc) is 2.67. The summed E-state index contributed by atoms with van der Waals surface area (Å²) in [5.41, 5.74) is 0.538. The Kier molecular flexibility index (Phi) is 3.06. The van der Waals surface area contributed by atoms with E-state index in [4.69, 9.17) is 11.6 Å². The van der Waals surface area contributed by atoms with Gasteiger partial charge in [0.05, 0.1) is 5.02 Å². The van der Waals surface area contributed by atoms with Gasteiger partial charge in [-0.3, -0.25) is 4.79 Å². The molecule has 1 heterocycles. The summed E-state index contributed by atoms with van der Waals surface area (Å²) in [6, 6.07) is 4.87. The van der Waals surface area contributed by atoms with Crippen LogP contribution >= 0.6 is 11.6 Å². The number of benzene rings is 1. The zero-order valence-electron chi connectivity index (χ0n) is 9.11. The van der Waals surface area contributed by atoms with Crippen LogP contribution in [0.25, 0.3) is 0 Å². The minimum atomic E-state index is -0.00750. The fourth-order valence-corrected chi connectivity index (χ4v) is 2.22. The third-order valence-corrected chi connectivity index (χ3v) is 3.31. The monoisotopic (exact) mass is 239 g/mol. The summed E-state index contributed by atoms with van der Waals surface area (Å²) in [6.45, 7) is 2.85. The lowest BCUT2D eigenvalue weighted by atomic mass is 10.1. The lowest BCUT2D eigenvalue weighted by Crippen LogP contribution is -2.33. The van der Waals surface area contributed by atoms with E-state index in [1.54, 1.807) is 6.07 Å². The van der Waals surface area contributed by atoms with Crippen LogP contribution in [0.2, 0.25) is 5.02 Å². The molecule has 1 aliphatic heterocycles. The molecule has 0 bridgehead atoms. The molecule has 86 valence electrons. The number of rotatable bonds is 1. The van der Waals surface area contributed by atoms with Crippen molar-refractivity contribution >= 4 is 17.5 Å². The van der Waals surface area contributed by atoms with Crippen molar-refractivity contribution in [3.63, 3.8) is 0 Å². The Hall–Kier alpha value is -1.22. The Balaban J connectivity index is 2.23. The van der Waals surface area contributed by atoms with Crippen molar-refractivity contribution in [3.05, 3.63) is 28.8 Å². The molecule has 0 radical (unpaired) electrons. The predicted molar refractivity (Wildman–Crippen MR) is 62.8 cm³/mol. The molecule has 4 heteroatoms. The SMILES string of the molecule is CC1CCCN1C(=O)c1ccc(O)c(Cl)c1. The van der Waals surface area contributed by atoms with Gasteiger partial charge in [0, 0.05) is 18.2 Å². The highest BCUT2D eigenvalue weighted by molar-refractivity contribution is 6.32. The number of nitrogens with zero attached hydrogens (tertiary/aromatic N) is 1. The van der Waals surface area contributed by atoms with Gasteiger partial charge >= 0.3 is 0 Å². The lowest BCUT2D eigenvalue weighted by molar-refractivity contribution is 0.0747. The number of phenolic OH excluding ortho intramolecular Hbond substituents is 1. The smallest absolute Gasteiger partial charge is 0.254 e. The second-order valence-electron chi connectivity index (χ2n) is 4.16. The molecule has 0 spiro atoms. The number of carbonyl (C=O) groups is 1. The second-order valence-corrected chi connectivity index (χ2v) is 4.56. The van der Waals surface area contributed by atoms with Gasteiger partial charge in [-0.25, -0.2) is 0 Å². The molecule has 1 saturated heterocycles. The van der Waals surface area contributed by atoms with Gasteiger partial charge in [-0.15, -0.1) is 0 Å². The fourth-order valence-electron chi connectivity index (χ4n) is 2.04. The zero-order chi connectivity index (χ0) is 11.7. The van der Waals surface area contributed by atoms with Crippen molar-refractivity contribution in [2.75, 3.05) is 6.54 Å². The Labute approximate surface area is 99.6 Å². The minimum Gasteiger partial charge on any atom is -0.506 e. The van der Waals surface area contributed by atoms with Crippen LogP contribution in [0.3, 0.4) is 0 Å². The summed E-state index contributed by atoms with van der Waals surface area (Å²) in [6.07, 6.45) is 2.11. The molecule has 1 aromatic rings. The van der Waals surface area contributed by atoms with Crippen LogP contribution < -0.4 is 0 Å². The fraction of sp³-hybridized carbons (Fsp3) is 0.417. The van der Waals surface area contributed by atoms with Gasteiger partial charge in [-0.1, -0.05) is 11.6 Å². The van der Waals surface area contributed by atoms with E-state index in [1.807, 2.05) is 11.8 Å². The molecule has 1 amide bonds. The molecule has 2 rings (SSSR count). The summed E-state index contributed by atoms with van der Waals surface area (Å²) in [5, 5.41) is 9.51. The summed E-state index contributed by atoms with van der Waals surface area (Å²) >= 11 is 5.78. The lowest BCUT2D eigenvalue weighted by Gasteiger charge is -2.21. The van der Waals surface area contributed by atoms with Gasteiger partial charge in [-0.05, 0) is 38.0 Å². The maximum Gasteiger partial charge on any atom is 0.254 e. The summed E-state index contributed by atoms with van der Waals surface area (Å²) in [5.74, 6) is -0.000382. The quantitative estimate of drug-likeness (QED) is 0.819. The summed E-state index contributed by atoms with van der Waals surface area (Å²) in [4.78, 5) is 14.0. The van der Waals surface area contributed by atoms with Gasteiger partial charge in [0.25, 0.3) is 5.91 Å². The molecular formula is C12H14ClNO2. The van der Waals surface area contributed by atoms with Crippen LogP contribution in [0, 0.1) is 0 Å². The number of hydrogen-bond donors (Lipinski definition) is 1. The first-order valence-corrected chi connectivity index (χ1v) is 5.77. The molecule has 1 unspecified atom stereocenters. The largest absolute Gasteiger partial charge is 0.506 e. The third-order valence-electron chi connectivity index (χ3n) is 3.01. The van der Waals surface area contributed by atoms with E-state index >= 15 is 0 Å². The van der Waals surface area contributed by atoms with Crippen LogP contribution in [0.15, 0.2) is 18.2 Å². The van der Waals surface area contributed by atoms with Gasteiger partial charge in [0.2, 0.25) is 0 Å². The Bertz CT molecular complexity index is 419. The van der Waals surface area contributed by atoms with Crippen molar-refractivity contribution in [1.29, 1.82) is 0 Å². The van der Waals surface area contributed by atoms with Gasteiger partial charge < -0.3 is 10.0 Å². The summed E-state index contributed by atoms with van der Waals surface area (Å²) < 4.78 is 0. The van der Waals surface area contributed by atoms with Crippen LogP contribution in [-0.4, -0.2) is 28.5 Å². The number of hydrogen-bond acceptors (Lipinski definition) is 2. The minimum absolute atomic E-state index is 0.00712. The van der Waals surface area contributed by atoms with Crippen molar-refractivity contribution in [3.8, 4) is 5.75 Å².